The van der Waals surface area contributed by atoms with Crippen LogP contribution in [0.5, 0.6) is 5.75 Å². The number of fused-ring (bicyclic) bond motifs is 1. The van der Waals surface area contributed by atoms with Crippen molar-refractivity contribution in [1.29, 1.82) is 0 Å². The van der Waals surface area contributed by atoms with Gasteiger partial charge in [0.2, 0.25) is 0 Å². The lowest BCUT2D eigenvalue weighted by Crippen LogP contribution is -2.18. The summed E-state index contributed by atoms with van der Waals surface area (Å²) in [5, 5.41) is 13.9. The number of ether oxygens (including phenoxy) is 1. The number of aromatic carboxylic acids is 1. The van der Waals surface area contributed by atoms with Crippen LogP contribution < -0.4 is 4.74 Å². The number of carbonyl (C=O) groups is 1. The predicted molar refractivity (Wildman–Crippen MR) is 140 cm³/mol. The molecular weight excluding hydrogens is 511 g/mol. The Labute approximate surface area is 220 Å². The molecule has 0 aliphatic carbocycles. The fourth-order valence-electron chi connectivity index (χ4n) is 4.67. The molecule has 7 nitrogen and oxygen atoms in total. The molecule has 3 heterocycles. The molecule has 0 fully saturated rings. The Morgan fingerprint density at radius 3 is 2.49 bits per heavy atom. The highest BCUT2D eigenvalue weighted by Crippen LogP contribution is 2.41. The highest BCUT2D eigenvalue weighted by atomic mass is 19.4. The van der Waals surface area contributed by atoms with Gasteiger partial charge in [-0.25, -0.2) is 9.78 Å². The number of hydrogen-bond acceptors (Lipinski definition) is 5. The quantitative estimate of drug-likeness (QED) is 0.242. The first kappa shape index (κ1) is 25.8. The number of hydrogen-bond donors (Lipinski definition) is 1. The van der Waals surface area contributed by atoms with E-state index in [2.05, 4.69) is 16.5 Å². The van der Waals surface area contributed by atoms with Crippen LogP contribution >= 0.6 is 0 Å². The van der Waals surface area contributed by atoms with Crippen LogP contribution in [-0.2, 0) is 0 Å². The number of halogens is 3. The van der Waals surface area contributed by atoms with E-state index in [1.54, 1.807) is 36.9 Å². The summed E-state index contributed by atoms with van der Waals surface area (Å²) >= 11 is 0. The van der Waals surface area contributed by atoms with E-state index in [0.717, 1.165) is 28.5 Å². The number of pyridine rings is 1. The van der Waals surface area contributed by atoms with Gasteiger partial charge in [0.25, 0.3) is 0 Å². The SMILES string of the molecule is C=C(C)c1ccccc1-n1cc(-c2ccc(C(=O)O)cc2OC(F)(F)F)c2cc(-c3c(C)noc3C)cnc21. The largest absolute Gasteiger partial charge is 0.573 e. The van der Waals surface area contributed by atoms with Crippen LogP contribution in [0.25, 0.3) is 44.5 Å². The fourth-order valence-corrected chi connectivity index (χ4v) is 4.67. The number of aryl methyl sites for hydroxylation is 2. The van der Waals surface area contributed by atoms with Crippen molar-refractivity contribution in [2.45, 2.75) is 27.1 Å². The monoisotopic (exact) mass is 533 g/mol. The number of aromatic nitrogens is 3. The second kappa shape index (κ2) is 9.46. The van der Waals surface area contributed by atoms with Gasteiger partial charge in [0.05, 0.1) is 16.9 Å². The first-order chi connectivity index (χ1) is 18.4. The van der Waals surface area contributed by atoms with Gasteiger partial charge in [0.15, 0.2) is 0 Å². The number of rotatable bonds is 6. The standard InChI is InChI=1S/C29H22F3N3O4/c1-15(2)20-7-5-6-8-24(20)35-14-23(21-10-9-18(28(36)37)12-25(21)38-29(30,31)32)22-11-19(13-33-27(22)35)26-16(3)34-39-17(26)4/h5-14H,1H2,2-4H3,(H,36,37). The smallest absolute Gasteiger partial charge is 0.478 e. The highest BCUT2D eigenvalue weighted by molar-refractivity contribution is 6.00. The minimum absolute atomic E-state index is 0.0478. The lowest BCUT2D eigenvalue weighted by molar-refractivity contribution is -0.274. The van der Waals surface area contributed by atoms with Gasteiger partial charge in [-0.2, -0.15) is 0 Å². The van der Waals surface area contributed by atoms with Crippen LogP contribution in [0.4, 0.5) is 13.2 Å². The van der Waals surface area contributed by atoms with Crippen molar-refractivity contribution < 1.29 is 32.3 Å². The zero-order valence-electron chi connectivity index (χ0n) is 21.1. The Morgan fingerprint density at radius 1 is 1.10 bits per heavy atom. The summed E-state index contributed by atoms with van der Waals surface area (Å²) in [6.07, 6.45) is -1.73. The summed E-state index contributed by atoms with van der Waals surface area (Å²) in [7, 11) is 0. The molecular formula is C29H22F3N3O4. The Balaban J connectivity index is 1.85. The van der Waals surface area contributed by atoms with Crippen LogP contribution in [0.3, 0.4) is 0 Å². The van der Waals surface area contributed by atoms with Gasteiger partial charge in [-0.3, -0.25) is 0 Å². The number of benzene rings is 2. The zero-order chi connectivity index (χ0) is 28.1. The van der Waals surface area contributed by atoms with Crippen molar-refractivity contribution in [1.82, 2.24) is 14.7 Å². The van der Waals surface area contributed by atoms with Crippen LogP contribution in [0, 0.1) is 13.8 Å². The molecule has 39 heavy (non-hydrogen) atoms. The summed E-state index contributed by atoms with van der Waals surface area (Å²) in [6, 6.07) is 12.6. The summed E-state index contributed by atoms with van der Waals surface area (Å²) in [5.74, 6) is -1.46. The van der Waals surface area contributed by atoms with E-state index < -0.39 is 18.1 Å². The molecule has 1 N–H and O–H groups in total. The first-order valence-corrected chi connectivity index (χ1v) is 11.8. The number of carboxylic acids is 1. The van der Waals surface area contributed by atoms with Crippen molar-refractivity contribution in [3.8, 4) is 33.7 Å². The third-order valence-corrected chi connectivity index (χ3v) is 6.33. The maximum absolute atomic E-state index is 13.4. The Hall–Kier alpha value is -4.86. The van der Waals surface area contributed by atoms with Gasteiger partial charge in [-0.15, -0.1) is 13.2 Å². The normalized spacial score (nSPS) is 11.6. The maximum atomic E-state index is 13.4. The van der Waals surface area contributed by atoms with Crippen molar-refractivity contribution in [3.05, 3.63) is 90.1 Å². The fraction of sp³-hybridized carbons (Fsp3) is 0.138. The molecule has 5 rings (SSSR count). The maximum Gasteiger partial charge on any atom is 0.573 e. The highest BCUT2D eigenvalue weighted by Gasteiger charge is 2.33. The molecule has 5 aromatic rings. The second-order valence-electron chi connectivity index (χ2n) is 9.07. The summed E-state index contributed by atoms with van der Waals surface area (Å²) in [4.78, 5) is 16.2. The van der Waals surface area contributed by atoms with Gasteiger partial charge in [-0.1, -0.05) is 29.9 Å². The molecule has 10 heteroatoms. The van der Waals surface area contributed by atoms with E-state index in [1.165, 1.54) is 12.1 Å². The van der Waals surface area contributed by atoms with Gasteiger partial charge in [0.1, 0.15) is 17.2 Å². The third kappa shape index (κ3) is 4.76. The molecule has 0 radical (unpaired) electrons. The van der Waals surface area contributed by atoms with E-state index in [4.69, 9.17) is 9.51 Å². The summed E-state index contributed by atoms with van der Waals surface area (Å²) in [6.45, 7) is 9.45. The van der Waals surface area contributed by atoms with Crippen molar-refractivity contribution in [2.75, 3.05) is 0 Å². The van der Waals surface area contributed by atoms with Crippen molar-refractivity contribution >= 4 is 22.6 Å². The Morgan fingerprint density at radius 2 is 1.85 bits per heavy atom. The number of para-hydroxylation sites is 1. The van der Waals surface area contributed by atoms with E-state index in [9.17, 15) is 23.1 Å². The van der Waals surface area contributed by atoms with Crippen LogP contribution in [-0.4, -0.2) is 32.1 Å². The van der Waals surface area contributed by atoms with Crippen molar-refractivity contribution in [3.63, 3.8) is 0 Å². The predicted octanol–water partition coefficient (Wildman–Crippen LogP) is 7.59. The Kier molecular flexibility index (Phi) is 6.26. The molecule has 0 bridgehead atoms. The molecule has 0 unspecified atom stereocenters. The molecule has 0 saturated carbocycles. The first-order valence-electron chi connectivity index (χ1n) is 11.8. The number of allylic oxidation sites excluding steroid dienone is 1. The number of carboxylic acid groups (broad SMARTS) is 1. The van der Waals surface area contributed by atoms with Crippen LogP contribution in [0.2, 0.25) is 0 Å². The summed E-state index contributed by atoms with van der Waals surface area (Å²) < 4.78 is 51.7. The lowest BCUT2D eigenvalue weighted by atomic mass is 10.00. The molecule has 0 aliphatic heterocycles. The molecule has 0 atom stereocenters. The third-order valence-electron chi connectivity index (χ3n) is 6.33. The molecule has 3 aromatic heterocycles. The minimum Gasteiger partial charge on any atom is -0.478 e. The van der Waals surface area contributed by atoms with Gasteiger partial charge in [-0.05, 0) is 56.7 Å². The topological polar surface area (TPSA) is 90.4 Å². The van der Waals surface area contributed by atoms with Gasteiger partial charge in [0, 0.05) is 45.6 Å². The minimum atomic E-state index is -5.04. The zero-order valence-corrected chi connectivity index (χ0v) is 21.1. The van der Waals surface area contributed by atoms with E-state index >= 15 is 0 Å². The van der Waals surface area contributed by atoms with Gasteiger partial charge < -0.3 is 18.9 Å². The van der Waals surface area contributed by atoms with Crippen molar-refractivity contribution in [2.24, 2.45) is 0 Å². The van der Waals surface area contributed by atoms with Crippen LogP contribution in [0.1, 0.15) is 34.3 Å². The molecule has 0 saturated heterocycles. The van der Waals surface area contributed by atoms with E-state index in [0.29, 0.717) is 33.6 Å². The molecule has 0 spiro atoms. The Bertz CT molecular complexity index is 1750. The average Bonchev–Trinajstić information content (AvgIpc) is 3.41. The number of nitrogens with zero attached hydrogens (tertiary/aromatic N) is 3. The van der Waals surface area contributed by atoms with E-state index in [-0.39, 0.29) is 11.1 Å². The van der Waals surface area contributed by atoms with Crippen LogP contribution in [0.15, 0.2) is 72.0 Å². The van der Waals surface area contributed by atoms with Gasteiger partial charge >= 0.3 is 12.3 Å². The molecule has 0 amide bonds. The molecule has 0 aliphatic rings. The average molecular weight is 534 g/mol. The summed E-state index contributed by atoms with van der Waals surface area (Å²) in [5.41, 5.74) is 4.88. The number of alkyl halides is 3. The molecule has 198 valence electrons. The lowest BCUT2D eigenvalue weighted by Gasteiger charge is -2.14. The van der Waals surface area contributed by atoms with E-state index in [1.807, 2.05) is 31.2 Å². The molecule has 2 aromatic carbocycles. The second-order valence-corrected chi connectivity index (χ2v) is 9.07.